The minimum atomic E-state index is -1.44. The normalized spacial score (nSPS) is 26.8. The molecule has 4 rings (SSSR count). The van der Waals surface area contributed by atoms with Gasteiger partial charge in [-0.3, -0.25) is 9.59 Å². The van der Waals surface area contributed by atoms with Gasteiger partial charge in [0.15, 0.2) is 0 Å². The van der Waals surface area contributed by atoms with E-state index in [1.165, 1.54) is 12.1 Å². The molecule has 6 atom stereocenters. The van der Waals surface area contributed by atoms with Crippen LogP contribution in [0.4, 0.5) is 8.78 Å². The zero-order valence-electron chi connectivity index (χ0n) is 24.5. The number of amides is 2. The average molecular weight is 574 g/mol. The van der Waals surface area contributed by atoms with Crippen LogP contribution >= 0.6 is 0 Å². The number of carbonyl (C=O) groups is 2. The van der Waals surface area contributed by atoms with Crippen molar-refractivity contribution in [3.8, 4) is 0 Å². The lowest BCUT2D eigenvalue weighted by atomic mass is 9.63. The largest absolute Gasteiger partial charge is 0.391 e. The first kappa shape index (κ1) is 31.3. The van der Waals surface area contributed by atoms with Gasteiger partial charge in [0.1, 0.15) is 11.6 Å². The Labute approximate surface area is 242 Å². The molecule has 0 spiro atoms. The number of allylic oxidation sites excluding steroid dienone is 2. The molecule has 1 aromatic rings. The van der Waals surface area contributed by atoms with Gasteiger partial charge in [0.2, 0.25) is 11.8 Å². The smallest absolute Gasteiger partial charge is 0.249 e. The molecule has 0 saturated carbocycles. The number of nitrogens with one attached hydrogen (secondary N) is 1. The van der Waals surface area contributed by atoms with Gasteiger partial charge in [-0.25, -0.2) is 8.78 Å². The van der Waals surface area contributed by atoms with E-state index in [0.29, 0.717) is 48.4 Å². The van der Waals surface area contributed by atoms with Crippen molar-refractivity contribution in [2.45, 2.75) is 84.0 Å². The first-order valence-electron chi connectivity index (χ1n) is 15.0. The molecule has 226 valence electrons. The Kier molecular flexibility index (Phi) is 10.4. The monoisotopic (exact) mass is 573 g/mol. The van der Waals surface area contributed by atoms with Gasteiger partial charge in [-0.05, 0) is 69.6 Å². The zero-order chi connectivity index (χ0) is 29.7. The molecule has 1 aromatic carbocycles. The Morgan fingerprint density at radius 2 is 1.85 bits per heavy atom. The van der Waals surface area contributed by atoms with Gasteiger partial charge in [-0.1, -0.05) is 31.6 Å². The third kappa shape index (κ3) is 7.24. The number of aliphatic hydroxyl groups is 1. The number of ether oxygens (including phenoxy) is 1. The van der Waals surface area contributed by atoms with Crippen LogP contribution in [0.1, 0.15) is 64.9 Å². The molecular formula is C32H45F2N3O4. The van der Waals surface area contributed by atoms with Crippen LogP contribution in [0.15, 0.2) is 41.5 Å². The Hall–Kier alpha value is -2.62. The molecular weight excluding hydrogens is 528 g/mol. The van der Waals surface area contributed by atoms with Crippen molar-refractivity contribution in [1.82, 2.24) is 10.2 Å². The van der Waals surface area contributed by atoms with Crippen molar-refractivity contribution >= 4 is 11.8 Å². The third-order valence-corrected chi connectivity index (χ3v) is 8.87. The van der Waals surface area contributed by atoms with Crippen molar-refractivity contribution in [3.05, 3.63) is 58.7 Å². The number of halogens is 2. The highest BCUT2D eigenvalue weighted by Gasteiger charge is 2.49. The van der Waals surface area contributed by atoms with Crippen LogP contribution in [0, 0.1) is 28.9 Å². The summed E-state index contributed by atoms with van der Waals surface area (Å²) in [6, 6.07) is 3.21. The predicted octanol–water partition coefficient (Wildman–Crippen LogP) is 4.04. The highest BCUT2D eigenvalue weighted by Crippen LogP contribution is 2.44. The SMILES string of the molecule is CCCN(CCC)C(=O)C1=CC(C)=CC(C(N)=O)([C@H](Cc2cc(F)cc(F)c2)[C@@H](O)CNCC2CC3CCC2O3)C1. The lowest BCUT2D eigenvalue weighted by Gasteiger charge is -2.42. The fourth-order valence-corrected chi connectivity index (χ4v) is 7.08. The van der Waals surface area contributed by atoms with Crippen molar-refractivity contribution in [3.63, 3.8) is 0 Å². The Balaban J connectivity index is 1.62. The lowest BCUT2D eigenvalue weighted by Crippen LogP contribution is -2.52. The fourth-order valence-electron chi connectivity index (χ4n) is 7.08. The maximum atomic E-state index is 14.2. The van der Waals surface area contributed by atoms with Crippen LogP contribution < -0.4 is 11.1 Å². The topological polar surface area (TPSA) is 105 Å². The van der Waals surface area contributed by atoms with Gasteiger partial charge in [-0.15, -0.1) is 0 Å². The molecule has 4 N–H and O–H groups in total. The number of carbonyl (C=O) groups excluding carboxylic acids is 2. The van der Waals surface area contributed by atoms with Crippen LogP contribution in [0.2, 0.25) is 0 Å². The summed E-state index contributed by atoms with van der Waals surface area (Å²) < 4.78 is 34.3. The van der Waals surface area contributed by atoms with E-state index in [9.17, 15) is 23.5 Å². The van der Waals surface area contributed by atoms with Crippen molar-refractivity contribution < 1.29 is 28.2 Å². The number of hydrogen-bond acceptors (Lipinski definition) is 5. The van der Waals surface area contributed by atoms with E-state index in [0.717, 1.165) is 38.2 Å². The molecule has 2 bridgehead atoms. The molecule has 2 aliphatic heterocycles. The number of benzene rings is 1. The van der Waals surface area contributed by atoms with E-state index in [2.05, 4.69) is 5.32 Å². The third-order valence-electron chi connectivity index (χ3n) is 8.87. The van der Waals surface area contributed by atoms with Crippen molar-refractivity contribution in [2.75, 3.05) is 26.2 Å². The molecule has 41 heavy (non-hydrogen) atoms. The van der Waals surface area contributed by atoms with Gasteiger partial charge in [-0.2, -0.15) is 0 Å². The molecule has 2 heterocycles. The summed E-state index contributed by atoms with van der Waals surface area (Å²) in [4.78, 5) is 28.8. The molecule has 3 aliphatic rings. The molecule has 0 aromatic heterocycles. The predicted molar refractivity (Wildman–Crippen MR) is 154 cm³/mol. The van der Waals surface area contributed by atoms with Crippen molar-refractivity contribution in [2.24, 2.45) is 23.0 Å². The molecule has 4 unspecified atom stereocenters. The summed E-state index contributed by atoms with van der Waals surface area (Å²) in [7, 11) is 0. The van der Waals surface area contributed by atoms with Gasteiger partial charge < -0.3 is 25.8 Å². The van der Waals surface area contributed by atoms with E-state index >= 15 is 0 Å². The second kappa shape index (κ2) is 13.6. The average Bonchev–Trinajstić information content (AvgIpc) is 3.54. The van der Waals surface area contributed by atoms with E-state index in [-0.39, 0.29) is 31.4 Å². The van der Waals surface area contributed by atoms with Crippen LogP contribution in [-0.2, 0) is 20.7 Å². The number of rotatable bonds is 14. The van der Waals surface area contributed by atoms with E-state index in [4.69, 9.17) is 10.5 Å². The minimum absolute atomic E-state index is 0.00216. The number of aliphatic hydroxyl groups excluding tert-OH is 1. The van der Waals surface area contributed by atoms with Crippen molar-refractivity contribution in [1.29, 1.82) is 0 Å². The molecule has 9 heteroatoms. The van der Waals surface area contributed by atoms with Crippen LogP contribution in [0.3, 0.4) is 0 Å². The van der Waals surface area contributed by atoms with Crippen LogP contribution in [-0.4, -0.2) is 66.3 Å². The van der Waals surface area contributed by atoms with Gasteiger partial charge in [0, 0.05) is 49.7 Å². The van der Waals surface area contributed by atoms with E-state index in [1.807, 2.05) is 13.8 Å². The molecule has 2 saturated heterocycles. The first-order chi connectivity index (χ1) is 19.6. The quantitative estimate of drug-likeness (QED) is 0.312. The van der Waals surface area contributed by atoms with Gasteiger partial charge in [0.25, 0.3) is 0 Å². The number of fused-ring (bicyclic) bond motifs is 2. The Morgan fingerprint density at radius 1 is 1.17 bits per heavy atom. The Bertz CT molecular complexity index is 1150. The van der Waals surface area contributed by atoms with Crippen LogP contribution in [0.5, 0.6) is 0 Å². The second-order valence-corrected chi connectivity index (χ2v) is 12.1. The van der Waals surface area contributed by atoms with Gasteiger partial charge >= 0.3 is 0 Å². The molecule has 0 radical (unpaired) electrons. The molecule has 2 fully saturated rings. The summed E-state index contributed by atoms with van der Waals surface area (Å²) in [5.74, 6) is -2.81. The number of hydrogen-bond donors (Lipinski definition) is 3. The molecule has 1 aliphatic carbocycles. The lowest BCUT2D eigenvalue weighted by molar-refractivity contribution is -0.132. The molecule has 2 amide bonds. The van der Waals surface area contributed by atoms with E-state index in [1.54, 1.807) is 24.0 Å². The number of primary amides is 1. The maximum absolute atomic E-state index is 14.2. The zero-order valence-corrected chi connectivity index (χ0v) is 24.5. The first-order valence-corrected chi connectivity index (χ1v) is 15.0. The molecule has 7 nitrogen and oxygen atoms in total. The summed E-state index contributed by atoms with van der Waals surface area (Å²) >= 11 is 0. The fraction of sp³-hybridized carbons (Fsp3) is 0.625. The summed E-state index contributed by atoms with van der Waals surface area (Å²) in [5.41, 5.74) is 6.11. The van der Waals surface area contributed by atoms with Gasteiger partial charge in [0.05, 0.1) is 23.7 Å². The standard InChI is InChI=1S/C32H45F2N3O4/c1-4-8-37(9-5-2)30(39)22-10-20(3)16-32(17-22,31(35)40)27(13-21-11-24(33)15-25(34)12-21)28(38)19-36-18-23-14-26-6-7-29(23)41-26/h10-12,15-16,23,26-29,36,38H,4-9,13-14,17-19H2,1-3H3,(H2,35,40)/t23?,26?,27-,28+,29?,32?/m1/s1. The summed E-state index contributed by atoms with van der Waals surface area (Å²) in [6.45, 7) is 7.79. The summed E-state index contributed by atoms with van der Waals surface area (Å²) in [5, 5.41) is 15.0. The Morgan fingerprint density at radius 3 is 2.41 bits per heavy atom. The highest BCUT2D eigenvalue weighted by atomic mass is 19.1. The summed E-state index contributed by atoms with van der Waals surface area (Å²) in [6.07, 6.45) is 7.64. The minimum Gasteiger partial charge on any atom is -0.391 e. The number of nitrogens with two attached hydrogens (primary N) is 1. The maximum Gasteiger partial charge on any atom is 0.249 e. The van der Waals surface area contributed by atoms with Crippen LogP contribution in [0.25, 0.3) is 0 Å². The number of nitrogens with zero attached hydrogens (tertiary/aromatic N) is 1. The second-order valence-electron chi connectivity index (χ2n) is 12.1. The van der Waals surface area contributed by atoms with E-state index < -0.39 is 35.0 Å². The highest BCUT2D eigenvalue weighted by molar-refractivity contribution is 5.96.